The van der Waals surface area contributed by atoms with Gasteiger partial charge in [-0.3, -0.25) is 9.69 Å². The lowest BCUT2D eigenvalue weighted by molar-refractivity contribution is -0.127. The highest BCUT2D eigenvalue weighted by atomic mass is 32.1. The van der Waals surface area contributed by atoms with Crippen LogP contribution in [0.4, 0.5) is 0 Å². The van der Waals surface area contributed by atoms with Crippen LogP contribution in [0.1, 0.15) is 13.8 Å². The maximum absolute atomic E-state index is 11.4. The zero-order valence-electron chi connectivity index (χ0n) is 7.20. The number of nitrogens with one attached hydrogen (secondary N) is 1. The van der Waals surface area contributed by atoms with Gasteiger partial charge in [-0.05, 0) is 26.1 Å². The molecular weight excluding hydrogens is 172 g/mol. The quantitative estimate of drug-likeness (QED) is 0.505. The normalized spacial score (nSPS) is 25.5. The SMILES string of the molecule is C=CC(C)N1C(=O)[C@@H](C)NC1=S. The summed E-state index contributed by atoms with van der Waals surface area (Å²) in [6.07, 6.45) is 1.70. The number of carbonyl (C=O) groups is 1. The molecule has 1 fully saturated rings. The van der Waals surface area contributed by atoms with Gasteiger partial charge in [-0.25, -0.2) is 0 Å². The number of amides is 1. The van der Waals surface area contributed by atoms with Crippen molar-refractivity contribution >= 4 is 23.2 Å². The summed E-state index contributed by atoms with van der Waals surface area (Å²) in [4.78, 5) is 13.0. The van der Waals surface area contributed by atoms with E-state index in [1.165, 1.54) is 0 Å². The van der Waals surface area contributed by atoms with Crippen LogP contribution < -0.4 is 5.32 Å². The largest absolute Gasteiger partial charge is 0.351 e. The van der Waals surface area contributed by atoms with Gasteiger partial charge in [-0.1, -0.05) is 6.08 Å². The summed E-state index contributed by atoms with van der Waals surface area (Å²) in [6, 6.07) is -0.220. The number of nitrogens with zero attached hydrogens (tertiary/aromatic N) is 1. The van der Waals surface area contributed by atoms with Crippen LogP contribution in [0, 0.1) is 0 Å². The third-order valence-electron chi connectivity index (χ3n) is 1.92. The number of hydrogen-bond donors (Lipinski definition) is 1. The topological polar surface area (TPSA) is 32.3 Å². The fraction of sp³-hybridized carbons (Fsp3) is 0.500. The Morgan fingerprint density at radius 2 is 2.42 bits per heavy atom. The van der Waals surface area contributed by atoms with E-state index >= 15 is 0 Å². The second-order valence-electron chi connectivity index (χ2n) is 2.86. The standard InChI is InChI=1S/C8H12N2OS/c1-4-5(2)10-7(11)6(3)9-8(10)12/h4-6H,1H2,2-3H3,(H,9,12)/t5?,6-/m1/s1. The number of rotatable bonds is 2. The molecule has 1 unspecified atom stereocenters. The molecule has 0 spiro atoms. The number of thiocarbonyl (C=S) groups is 1. The third-order valence-corrected chi connectivity index (χ3v) is 2.23. The molecule has 1 rings (SSSR count). The summed E-state index contributed by atoms with van der Waals surface area (Å²) in [6.45, 7) is 7.30. The van der Waals surface area contributed by atoms with Crippen molar-refractivity contribution in [1.82, 2.24) is 10.2 Å². The van der Waals surface area contributed by atoms with Gasteiger partial charge in [0.1, 0.15) is 6.04 Å². The van der Waals surface area contributed by atoms with Gasteiger partial charge in [0.05, 0.1) is 6.04 Å². The summed E-state index contributed by atoms with van der Waals surface area (Å²) in [5, 5.41) is 3.39. The Kier molecular flexibility index (Phi) is 2.47. The fourth-order valence-corrected chi connectivity index (χ4v) is 1.55. The molecule has 0 aromatic rings. The highest BCUT2D eigenvalue weighted by molar-refractivity contribution is 7.80. The van der Waals surface area contributed by atoms with Crippen LogP contribution in [0.5, 0.6) is 0 Å². The van der Waals surface area contributed by atoms with Crippen molar-refractivity contribution in [1.29, 1.82) is 0 Å². The molecule has 3 nitrogen and oxygen atoms in total. The van der Waals surface area contributed by atoms with E-state index in [0.717, 1.165) is 0 Å². The molecule has 0 aromatic heterocycles. The number of hydrogen-bond acceptors (Lipinski definition) is 2. The summed E-state index contributed by atoms with van der Waals surface area (Å²) in [5.41, 5.74) is 0. The second kappa shape index (κ2) is 3.23. The molecule has 12 heavy (non-hydrogen) atoms. The van der Waals surface area contributed by atoms with Gasteiger partial charge in [0.2, 0.25) is 0 Å². The summed E-state index contributed by atoms with van der Waals surface area (Å²) >= 11 is 4.98. The first-order valence-corrected chi connectivity index (χ1v) is 4.25. The molecule has 2 atom stereocenters. The summed E-state index contributed by atoms with van der Waals surface area (Å²) in [5.74, 6) is 0.0207. The Balaban J connectivity index is 2.83. The van der Waals surface area contributed by atoms with Crippen LogP contribution >= 0.6 is 12.2 Å². The van der Waals surface area contributed by atoms with Crippen LogP contribution in [0.25, 0.3) is 0 Å². The van der Waals surface area contributed by atoms with E-state index in [1.807, 2.05) is 6.92 Å². The molecule has 1 N–H and O–H groups in total. The molecule has 1 aliphatic heterocycles. The minimum absolute atomic E-state index is 0.0207. The Hall–Kier alpha value is -0.900. The van der Waals surface area contributed by atoms with E-state index in [-0.39, 0.29) is 18.0 Å². The van der Waals surface area contributed by atoms with Crippen molar-refractivity contribution in [2.75, 3.05) is 0 Å². The zero-order chi connectivity index (χ0) is 9.30. The third kappa shape index (κ3) is 1.34. The first kappa shape index (κ1) is 9.19. The van der Waals surface area contributed by atoms with Crippen molar-refractivity contribution in [3.63, 3.8) is 0 Å². The lowest BCUT2D eigenvalue weighted by atomic mass is 10.2. The van der Waals surface area contributed by atoms with Gasteiger partial charge < -0.3 is 5.32 Å². The van der Waals surface area contributed by atoms with Crippen LogP contribution in [-0.2, 0) is 4.79 Å². The Morgan fingerprint density at radius 3 is 2.75 bits per heavy atom. The first-order valence-electron chi connectivity index (χ1n) is 3.84. The zero-order valence-corrected chi connectivity index (χ0v) is 8.02. The van der Waals surface area contributed by atoms with Crippen LogP contribution in [-0.4, -0.2) is 28.0 Å². The second-order valence-corrected chi connectivity index (χ2v) is 3.24. The minimum Gasteiger partial charge on any atom is -0.351 e. The minimum atomic E-state index is -0.195. The predicted octanol–water partition coefficient (Wildman–Crippen LogP) is 0.666. The van der Waals surface area contributed by atoms with E-state index in [4.69, 9.17) is 12.2 Å². The summed E-state index contributed by atoms with van der Waals surface area (Å²) in [7, 11) is 0. The van der Waals surface area contributed by atoms with E-state index in [0.29, 0.717) is 5.11 Å². The highest BCUT2D eigenvalue weighted by Crippen LogP contribution is 2.10. The Bertz CT molecular complexity index is 239. The molecule has 1 heterocycles. The average Bonchev–Trinajstić information content (AvgIpc) is 2.26. The molecule has 0 saturated carbocycles. The molecule has 4 heteroatoms. The molecule has 1 aliphatic rings. The van der Waals surface area contributed by atoms with Crippen LogP contribution in [0.15, 0.2) is 12.7 Å². The van der Waals surface area contributed by atoms with Gasteiger partial charge in [0.25, 0.3) is 5.91 Å². The molecular formula is C8H12N2OS. The van der Waals surface area contributed by atoms with E-state index in [9.17, 15) is 4.79 Å². The van der Waals surface area contributed by atoms with Crippen LogP contribution in [0.2, 0.25) is 0 Å². The predicted molar refractivity (Wildman–Crippen MR) is 51.7 cm³/mol. The fourth-order valence-electron chi connectivity index (χ4n) is 1.12. The van der Waals surface area contributed by atoms with Crippen LogP contribution in [0.3, 0.4) is 0 Å². The molecule has 0 radical (unpaired) electrons. The van der Waals surface area contributed by atoms with E-state index < -0.39 is 0 Å². The van der Waals surface area contributed by atoms with E-state index in [2.05, 4.69) is 11.9 Å². The van der Waals surface area contributed by atoms with Gasteiger partial charge in [0, 0.05) is 0 Å². The molecule has 1 amide bonds. The average molecular weight is 184 g/mol. The van der Waals surface area contributed by atoms with Crippen molar-refractivity contribution in [3.8, 4) is 0 Å². The Labute approximate surface area is 77.4 Å². The lowest BCUT2D eigenvalue weighted by Crippen LogP contribution is -2.37. The van der Waals surface area contributed by atoms with Crippen molar-refractivity contribution < 1.29 is 4.79 Å². The van der Waals surface area contributed by atoms with Gasteiger partial charge >= 0.3 is 0 Å². The van der Waals surface area contributed by atoms with Crippen molar-refractivity contribution in [3.05, 3.63) is 12.7 Å². The van der Waals surface area contributed by atoms with Crippen molar-refractivity contribution in [2.45, 2.75) is 25.9 Å². The smallest absolute Gasteiger partial charge is 0.251 e. The van der Waals surface area contributed by atoms with Crippen molar-refractivity contribution in [2.24, 2.45) is 0 Å². The van der Waals surface area contributed by atoms with Gasteiger partial charge in [-0.2, -0.15) is 0 Å². The monoisotopic (exact) mass is 184 g/mol. The maximum Gasteiger partial charge on any atom is 0.251 e. The van der Waals surface area contributed by atoms with Gasteiger partial charge in [0.15, 0.2) is 5.11 Å². The van der Waals surface area contributed by atoms with Gasteiger partial charge in [-0.15, -0.1) is 6.58 Å². The van der Waals surface area contributed by atoms with E-state index in [1.54, 1.807) is 17.9 Å². The summed E-state index contributed by atoms with van der Waals surface area (Å²) < 4.78 is 0. The molecule has 0 aliphatic carbocycles. The Morgan fingerprint density at radius 1 is 1.83 bits per heavy atom. The molecule has 0 bridgehead atoms. The number of carbonyl (C=O) groups excluding carboxylic acids is 1. The molecule has 0 aromatic carbocycles. The molecule has 1 saturated heterocycles. The first-order chi connectivity index (χ1) is 5.57. The molecule has 66 valence electrons. The maximum atomic E-state index is 11.4. The lowest BCUT2D eigenvalue weighted by Gasteiger charge is -2.19. The highest BCUT2D eigenvalue weighted by Gasteiger charge is 2.34.